The van der Waals surface area contributed by atoms with Crippen LogP contribution in [-0.4, -0.2) is 33.3 Å². The van der Waals surface area contributed by atoms with Gasteiger partial charge in [-0.05, 0) is 34.4 Å². The Morgan fingerprint density at radius 2 is 0.580 bits per heavy atom. The first-order valence-electron chi connectivity index (χ1n) is 20.3. The predicted molar refractivity (Wildman–Crippen MR) is 255 cm³/mol. The summed E-state index contributed by atoms with van der Waals surface area (Å²) in [6, 6.07) is 48.2. The van der Waals surface area contributed by atoms with E-state index in [0.29, 0.717) is 0 Å². The number of halogens is 6. The minimum absolute atomic E-state index is 0. The molecule has 2 N–H and O–H groups in total. The molecule has 0 saturated carbocycles. The zero-order valence-electron chi connectivity index (χ0n) is 35.2. The van der Waals surface area contributed by atoms with Crippen LogP contribution in [0, 0.1) is 0 Å². The van der Waals surface area contributed by atoms with E-state index < -0.39 is 68.2 Å². The predicted octanol–water partition coefficient (Wildman–Crippen LogP) is 9.58. The van der Waals surface area contributed by atoms with Crippen molar-refractivity contribution < 1.29 is 66.2 Å². The van der Waals surface area contributed by atoms with Crippen LogP contribution in [0.4, 0.5) is 26.3 Å². The summed E-state index contributed by atoms with van der Waals surface area (Å²) >= 11 is 0. The van der Waals surface area contributed by atoms with Gasteiger partial charge in [0.2, 0.25) is 0 Å². The average Bonchev–Trinajstić information content (AvgIpc) is 3.32. The summed E-state index contributed by atoms with van der Waals surface area (Å²) in [6.45, 7) is 0. The Bertz CT molecular complexity index is 3260. The Labute approximate surface area is 392 Å². The molecule has 0 atom stereocenters. The maximum absolute atomic E-state index is 16.5. The number of fused-ring (bicyclic) bond motifs is 8. The molecule has 0 heterocycles. The highest BCUT2D eigenvalue weighted by Crippen LogP contribution is 2.58. The molecular formula is C50H34F6O9P2S2. The molecule has 9 nitrogen and oxygen atoms in total. The van der Waals surface area contributed by atoms with Crippen LogP contribution in [0.15, 0.2) is 194 Å². The number of hydrogen-bond acceptors (Lipinski definition) is 8. The fourth-order valence-corrected chi connectivity index (χ4v) is 15.2. The molecule has 0 aliphatic heterocycles. The fourth-order valence-electron chi connectivity index (χ4n) is 8.48. The Balaban J connectivity index is 0.00000642. The van der Waals surface area contributed by atoms with Crippen LogP contribution in [0.3, 0.4) is 0 Å². The summed E-state index contributed by atoms with van der Waals surface area (Å²) in [6.07, 6.45) is 0. The van der Waals surface area contributed by atoms with Gasteiger partial charge in [-0.2, -0.15) is 43.2 Å². The molecule has 9 rings (SSSR count). The van der Waals surface area contributed by atoms with E-state index in [1.54, 1.807) is 121 Å². The number of hydrogen-bond donors (Lipinski definition) is 0. The van der Waals surface area contributed by atoms with Gasteiger partial charge in [0.25, 0.3) is 0 Å². The third-order valence-corrected chi connectivity index (χ3v) is 19.5. The van der Waals surface area contributed by atoms with Crippen LogP contribution in [0.5, 0.6) is 11.5 Å². The molecule has 1 aliphatic rings. The lowest BCUT2D eigenvalue weighted by molar-refractivity contribution is -0.0504. The van der Waals surface area contributed by atoms with Crippen LogP contribution < -0.4 is 40.2 Å². The minimum Gasteiger partial charge on any atom is -0.412 e. The van der Waals surface area contributed by atoms with Crippen molar-refractivity contribution in [1.82, 2.24) is 0 Å². The molecule has 8 aromatic carbocycles. The smallest absolute Gasteiger partial charge is 0.412 e. The molecule has 0 radical (unpaired) electrons. The van der Waals surface area contributed by atoms with Crippen LogP contribution in [0.2, 0.25) is 0 Å². The van der Waals surface area contributed by atoms with Gasteiger partial charge in [0, 0.05) is 54.1 Å². The zero-order chi connectivity index (χ0) is 48.3. The quantitative estimate of drug-likeness (QED) is 0.0569. The van der Waals surface area contributed by atoms with Gasteiger partial charge in [-0.15, -0.1) is 0 Å². The average molecular weight is 1020 g/mol. The largest absolute Gasteiger partial charge is 0.534 e. The number of benzene rings is 8. The molecule has 19 heteroatoms. The van der Waals surface area contributed by atoms with Crippen LogP contribution in [0.25, 0.3) is 44.5 Å². The van der Waals surface area contributed by atoms with Gasteiger partial charge in [0.15, 0.2) is 25.8 Å². The van der Waals surface area contributed by atoms with Gasteiger partial charge in [-0.25, -0.2) is 0 Å². The first-order chi connectivity index (χ1) is 32.3. The van der Waals surface area contributed by atoms with Crippen molar-refractivity contribution >= 4 is 66.3 Å². The molecule has 0 bridgehead atoms. The molecule has 1 aliphatic carbocycles. The molecular weight excluding hydrogens is 985 g/mol. The van der Waals surface area contributed by atoms with Crippen molar-refractivity contribution in [1.29, 1.82) is 0 Å². The van der Waals surface area contributed by atoms with Crippen LogP contribution in [0.1, 0.15) is 0 Å². The van der Waals surface area contributed by atoms with E-state index >= 15 is 9.13 Å². The van der Waals surface area contributed by atoms with Gasteiger partial charge < -0.3 is 23.0 Å². The second-order valence-corrected chi connectivity index (χ2v) is 23.8. The summed E-state index contributed by atoms with van der Waals surface area (Å²) in [5.74, 6) is -1.86. The van der Waals surface area contributed by atoms with Gasteiger partial charge in [0.1, 0.15) is 0 Å². The minimum atomic E-state index is -6.47. The normalized spacial score (nSPS) is 12.7. The van der Waals surface area contributed by atoms with Crippen LogP contribution >= 0.6 is 14.3 Å². The highest BCUT2D eigenvalue weighted by molar-refractivity contribution is 7.88. The van der Waals surface area contributed by atoms with Gasteiger partial charge in [-0.1, -0.05) is 182 Å². The standard InChI is InChI=1S/C50H32F6O8P2S2.H2O/c51-49(52,53)67(59,60)63-41-29-13-25-37-38-26-14-30-42(64-68(61,62)50(54,55)56)46(38)48-40(28-16-32-44(48)66(58,35-21-9-3-10-22-35)36-23-11-4-12-24-36)39-27-15-31-43(47(39)45(37)41)65(57,33-17-5-1-6-18-33)34-19-7-2-8-20-34;/h1-32H;1H2. The lowest BCUT2D eigenvalue weighted by atomic mass is 9.80. The molecule has 0 spiro atoms. The maximum Gasteiger partial charge on any atom is 0.534 e. The van der Waals surface area contributed by atoms with Crippen molar-refractivity contribution in [3.05, 3.63) is 194 Å². The summed E-state index contributed by atoms with van der Waals surface area (Å²) in [5, 5.41) is 0.953. The second-order valence-electron chi connectivity index (χ2n) is 15.3. The second kappa shape index (κ2) is 18.0. The van der Waals surface area contributed by atoms with E-state index in [0.717, 1.165) is 24.3 Å². The number of rotatable bonds is 10. The van der Waals surface area contributed by atoms with Gasteiger partial charge >= 0.3 is 31.3 Å². The monoisotopic (exact) mass is 1020 g/mol. The fraction of sp³-hybridized carbons (Fsp3) is 0.0400. The molecule has 352 valence electrons. The third-order valence-electron chi connectivity index (χ3n) is 11.3. The van der Waals surface area contributed by atoms with E-state index in [4.69, 9.17) is 8.37 Å². The molecule has 0 fully saturated rings. The van der Waals surface area contributed by atoms with Crippen molar-refractivity contribution in [2.24, 2.45) is 0 Å². The van der Waals surface area contributed by atoms with E-state index in [2.05, 4.69) is 0 Å². The molecule has 0 aromatic heterocycles. The molecule has 8 aromatic rings. The highest BCUT2D eigenvalue weighted by atomic mass is 32.2. The van der Waals surface area contributed by atoms with Crippen LogP contribution in [-0.2, 0) is 29.4 Å². The van der Waals surface area contributed by atoms with Gasteiger partial charge in [0.05, 0.1) is 0 Å². The number of alkyl halides is 6. The van der Waals surface area contributed by atoms with E-state index in [1.165, 1.54) is 48.5 Å². The molecule has 0 unspecified atom stereocenters. The first-order valence-corrected chi connectivity index (χ1v) is 26.5. The maximum atomic E-state index is 16.5. The molecule has 69 heavy (non-hydrogen) atoms. The SMILES string of the molecule is O.O=P(c1ccccc1)(c1ccccc1)c1cccc2c1-c1c(OS(=O)(=O)C(F)(F)F)cccc1-c1cccc(OS(=O)(=O)C(F)(F)F)c1-c1c-2cccc1P(=O)(c1ccccc1)c1ccccc1. The molecule has 0 saturated heterocycles. The highest BCUT2D eigenvalue weighted by Gasteiger charge is 2.51. The first kappa shape index (κ1) is 48.7. The van der Waals surface area contributed by atoms with Crippen molar-refractivity contribution in [2.75, 3.05) is 0 Å². The van der Waals surface area contributed by atoms with E-state index in [9.17, 15) is 43.2 Å². The Morgan fingerprint density at radius 3 is 0.841 bits per heavy atom. The summed E-state index contributed by atoms with van der Waals surface area (Å²) in [5.41, 5.74) is -13.5. The topological polar surface area (TPSA) is 152 Å². The van der Waals surface area contributed by atoms with Gasteiger partial charge in [-0.3, -0.25) is 0 Å². The summed E-state index contributed by atoms with van der Waals surface area (Å²) in [4.78, 5) is 0. The third kappa shape index (κ3) is 8.27. The van der Waals surface area contributed by atoms with E-state index in [-0.39, 0.29) is 70.7 Å². The lowest BCUT2D eigenvalue weighted by Crippen LogP contribution is -2.30. The van der Waals surface area contributed by atoms with Crippen molar-refractivity contribution in [3.8, 4) is 56.0 Å². The Hall–Kier alpha value is -6.74. The Morgan fingerprint density at radius 1 is 0.333 bits per heavy atom. The zero-order valence-corrected chi connectivity index (χ0v) is 38.6. The van der Waals surface area contributed by atoms with Crippen molar-refractivity contribution in [3.63, 3.8) is 0 Å². The lowest BCUT2D eigenvalue weighted by Gasteiger charge is -2.32. The summed E-state index contributed by atoms with van der Waals surface area (Å²) in [7, 11) is -21.4. The molecule has 0 amide bonds. The Kier molecular flexibility index (Phi) is 12.7. The summed E-state index contributed by atoms with van der Waals surface area (Å²) < 4.78 is 181. The van der Waals surface area contributed by atoms with Crippen molar-refractivity contribution in [2.45, 2.75) is 11.0 Å². The van der Waals surface area contributed by atoms with E-state index in [1.807, 2.05) is 0 Å².